The highest BCUT2D eigenvalue weighted by atomic mass is 31.2. The lowest BCUT2D eigenvalue weighted by Crippen LogP contribution is -2.12. The number of hydrogen-bond acceptors (Lipinski definition) is 3. The van der Waals surface area contributed by atoms with Crippen LogP contribution in [-0.4, -0.2) is 16.5 Å². The predicted octanol–water partition coefficient (Wildman–Crippen LogP) is 1.66. The molecule has 1 aromatic rings. The minimum Gasteiger partial charge on any atom is -0.320 e. The molecule has 5 heteroatoms. The third-order valence-electron chi connectivity index (χ3n) is 1.78. The van der Waals surface area contributed by atoms with Gasteiger partial charge in [0.15, 0.2) is 5.44 Å². The van der Waals surface area contributed by atoms with Crippen LogP contribution in [0.5, 0.6) is 0 Å². The van der Waals surface area contributed by atoms with Gasteiger partial charge in [-0.05, 0) is 31.0 Å². The van der Waals surface area contributed by atoms with E-state index in [1.165, 1.54) is 6.20 Å². The third kappa shape index (κ3) is 3.27. The Morgan fingerprint density at radius 2 is 2.47 bits per heavy atom. The summed E-state index contributed by atoms with van der Waals surface area (Å²) in [5.41, 5.74) is 0.979. The molecule has 4 nitrogen and oxygen atoms in total. The van der Waals surface area contributed by atoms with Crippen LogP contribution >= 0.6 is 7.60 Å². The van der Waals surface area contributed by atoms with Crippen LogP contribution in [0.4, 0.5) is 0 Å². The highest BCUT2D eigenvalue weighted by Crippen LogP contribution is 2.39. The molecule has 0 spiro atoms. The molecule has 1 atom stereocenters. The number of allylic oxidation sites excluding steroid dienone is 1. The molecule has 1 unspecified atom stereocenters. The van der Waals surface area contributed by atoms with E-state index in [0.717, 1.165) is 5.56 Å². The maximum absolute atomic E-state index is 11.6. The molecule has 0 amide bonds. The second-order valence-corrected chi connectivity index (χ2v) is 4.71. The van der Waals surface area contributed by atoms with Crippen LogP contribution in [0.15, 0.2) is 31.0 Å². The van der Waals surface area contributed by atoms with E-state index in [9.17, 15) is 9.46 Å². The van der Waals surface area contributed by atoms with E-state index >= 15 is 0 Å². The minimum atomic E-state index is -3.74. The fourth-order valence-electron chi connectivity index (χ4n) is 1.15. The molecule has 82 valence electrons. The molecule has 0 saturated heterocycles. The van der Waals surface area contributed by atoms with E-state index < -0.39 is 7.60 Å². The number of rotatable bonds is 5. The van der Waals surface area contributed by atoms with Crippen molar-refractivity contribution < 1.29 is 14.0 Å². The molecule has 1 N–H and O–H groups in total. The lowest BCUT2D eigenvalue weighted by molar-refractivity contribution is 0.283. The van der Waals surface area contributed by atoms with Crippen molar-refractivity contribution in [3.63, 3.8) is 0 Å². The van der Waals surface area contributed by atoms with Crippen molar-refractivity contribution in [3.05, 3.63) is 36.5 Å². The lowest BCUT2D eigenvalue weighted by Gasteiger charge is -2.10. The molecular formula is C10H14NO3P. The summed E-state index contributed by atoms with van der Waals surface area (Å²) < 4.78 is 16.4. The maximum Gasteiger partial charge on any atom is 0.376 e. The first-order valence-electron chi connectivity index (χ1n) is 4.64. The number of aromatic nitrogens is 1. The van der Waals surface area contributed by atoms with Crippen molar-refractivity contribution in [1.82, 2.24) is 4.98 Å². The van der Waals surface area contributed by atoms with Crippen LogP contribution in [0, 0.1) is 0 Å². The van der Waals surface area contributed by atoms with Crippen molar-refractivity contribution in [2.75, 3.05) is 6.61 Å². The van der Waals surface area contributed by atoms with E-state index in [2.05, 4.69) is 11.6 Å². The summed E-state index contributed by atoms with van der Waals surface area (Å²) in [6.07, 6.45) is 3.86. The zero-order valence-electron chi connectivity index (χ0n) is 8.59. The molecule has 0 aromatic carbocycles. The smallest absolute Gasteiger partial charge is 0.320 e. The van der Waals surface area contributed by atoms with Crippen molar-refractivity contribution in [3.8, 4) is 0 Å². The van der Waals surface area contributed by atoms with E-state index in [1.54, 1.807) is 25.1 Å². The molecule has 1 rings (SSSR count). The zero-order chi connectivity index (χ0) is 11.3. The van der Waals surface area contributed by atoms with Crippen LogP contribution in [0.1, 0.15) is 12.5 Å². The molecule has 0 fully saturated rings. The number of pyridine rings is 1. The van der Waals surface area contributed by atoms with Gasteiger partial charge < -0.3 is 9.42 Å². The van der Waals surface area contributed by atoms with Gasteiger partial charge in [-0.25, -0.2) is 4.98 Å². The highest BCUT2D eigenvalue weighted by molar-refractivity contribution is 7.60. The normalized spacial score (nSPS) is 14.5. The van der Waals surface area contributed by atoms with E-state index in [-0.39, 0.29) is 12.0 Å². The Morgan fingerprint density at radius 1 is 1.73 bits per heavy atom. The van der Waals surface area contributed by atoms with Gasteiger partial charge >= 0.3 is 7.60 Å². The van der Waals surface area contributed by atoms with Crippen LogP contribution in [0.2, 0.25) is 0 Å². The molecule has 0 aliphatic heterocycles. The second-order valence-electron chi connectivity index (χ2n) is 2.95. The first-order chi connectivity index (χ1) is 7.10. The van der Waals surface area contributed by atoms with Crippen molar-refractivity contribution >= 4 is 13.0 Å². The van der Waals surface area contributed by atoms with Crippen LogP contribution in [0.3, 0.4) is 0 Å². The first-order valence-corrected chi connectivity index (χ1v) is 6.21. The molecule has 0 aliphatic rings. The van der Waals surface area contributed by atoms with Crippen LogP contribution < -0.4 is 5.44 Å². The summed E-state index contributed by atoms with van der Waals surface area (Å²) >= 11 is 0. The van der Waals surface area contributed by atoms with E-state index in [0.29, 0.717) is 6.42 Å². The molecule has 0 bridgehead atoms. The Labute approximate surface area is 89.2 Å². The molecular weight excluding hydrogens is 213 g/mol. The quantitative estimate of drug-likeness (QED) is 0.613. The number of nitrogens with zero attached hydrogens (tertiary/aromatic N) is 1. The SMILES string of the molecule is C=CCc1ccnc(P(=O)(O)OCC)c1. The van der Waals surface area contributed by atoms with Gasteiger partial charge in [0.1, 0.15) is 0 Å². The zero-order valence-corrected chi connectivity index (χ0v) is 9.48. The fraction of sp³-hybridized carbons (Fsp3) is 0.300. The average molecular weight is 227 g/mol. The van der Waals surface area contributed by atoms with Crippen molar-refractivity contribution in [2.45, 2.75) is 13.3 Å². The molecule has 0 aliphatic carbocycles. The molecule has 0 saturated carbocycles. The third-order valence-corrected chi connectivity index (χ3v) is 3.22. The summed E-state index contributed by atoms with van der Waals surface area (Å²) in [6, 6.07) is 3.34. The van der Waals surface area contributed by atoms with E-state index in [4.69, 9.17) is 4.52 Å². The maximum atomic E-state index is 11.6. The summed E-state index contributed by atoms with van der Waals surface area (Å²) in [5, 5.41) is 0. The standard InChI is InChI=1S/C10H14NO3P/c1-3-5-9-6-7-11-10(8-9)15(12,13)14-4-2/h3,6-8H,1,4-5H2,2H3,(H,12,13). The van der Waals surface area contributed by atoms with Crippen LogP contribution in [-0.2, 0) is 15.5 Å². The van der Waals surface area contributed by atoms with Gasteiger partial charge in [0.2, 0.25) is 0 Å². The molecule has 1 aromatic heterocycles. The Bertz CT molecular complexity index is 392. The summed E-state index contributed by atoms with van der Waals surface area (Å²) in [4.78, 5) is 13.4. The van der Waals surface area contributed by atoms with Gasteiger partial charge in [0, 0.05) is 6.20 Å². The van der Waals surface area contributed by atoms with Crippen molar-refractivity contribution in [1.29, 1.82) is 0 Å². The molecule has 1 heterocycles. The van der Waals surface area contributed by atoms with Gasteiger partial charge in [-0.2, -0.15) is 0 Å². The summed E-state index contributed by atoms with van der Waals surface area (Å²) in [7, 11) is -3.74. The largest absolute Gasteiger partial charge is 0.376 e. The van der Waals surface area contributed by atoms with Crippen LogP contribution in [0.25, 0.3) is 0 Å². The Balaban J connectivity index is 2.98. The topological polar surface area (TPSA) is 59.4 Å². The Morgan fingerprint density at radius 3 is 3.07 bits per heavy atom. The summed E-state index contributed by atoms with van der Waals surface area (Å²) in [6.45, 7) is 5.45. The van der Waals surface area contributed by atoms with Crippen molar-refractivity contribution in [2.24, 2.45) is 0 Å². The van der Waals surface area contributed by atoms with Gasteiger partial charge in [-0.15, -0.1) is 6.58 Å². The lowest BCUT2D eigenvalue weighted by atomic mass is 10.2. The fourth-order valence-corrected chi connectivity index (χ4v) is 2.17. The summed E-state index contributed by atoms with van der Waals surface area (Å²) in [5.74, 6) is 0. The Hall–Kier alpha value is -0.960. The van der Waals surface area contributed by atoms with Gasteiger partial charge in [-0.1, -0.05) is 6.08 Å². The van der Waals surface area contributed by atoms with E-state index in [1.807, 2.05) is 0 Å². The second kappa shape index (κ2) is 5.21. The Kier molecular flexibility index (Phi) is 4.21. The number of hydrogen-bond donors (Lipinski definition) is 1. The monoisotopic (exact) mass is 227 g/mol. The molecule has 15 heavy (non-hydrogen) atoms. The highest BCUT2D eigenvalue weighted by Gasteiger charge is 2.23. The van der Waals surface area contributed by atoms with Gasteiger partial charge in [-0.3, -0.25) is 4.57 Å². The minimum absolute atomic E-state index is 0.0868. The molecule has 0 radical (unpaired) electrons. The predicted molar refractivity (Wildman–Crippen MR) is 59.2 cm³/mol. The first kappa shape index (κ1) is 12.1. The van der Waals surface area contributed by atoms with Gasteiger partial charge in [0.25, 0.3) is 0 Å². The average Bonchev–Trinajstić information content (AvgIpc) is 2.19. The van der Waals surface area contributed by atoms with Gasteiger partial charge in [0.05, 0.1) is 6.61 Å².